The molecule has 1 aromatic carbocycles. The molecule has 3 heteroatoms. The largest absolute Gasteiger partial charge is 0.388 e. The first-order chi connectivity index (χ1) is 9.81. The summed E-state index contributed by atoms with van der Waals surface area (Å²) >= 11 is 1.81. The summed E-state index contributed by atoms with van der Waals surface area (Å²) in [6, 6.07) is 8.56. The fraction of sp³-hybridized carbons (Fsp3) is 0.294. The average molecular weight is 283 g/mol. The third-order valence-corrected chi connectivity index (χ3v) is 5.21. The van der Waals surface area contributed by atoms with Gasteiger partial charge in [-0.15, -0.1) is 11.3 Å². The number of aryl methyl sites for hydroxylation is 1. The van der Waals surface area contributed by atoms with E-state index in [1.807, 2.05) is 0 Å². The third-order valence-electron chi connectivity index (χ3n) is 4.19. The molecule has 1 N–H and O–H groups in total. The molecule has 2 heterocycles. The Kier molecular flexibility index (Phi) is 2.90. The second kappa shape index (κ2) is 4.76. The minimum Gasteiger partial charge on any atom is -0.388 e. The molecular formula is C17H17NOS. The van der Waals surface area contributed by atoms with Crippen molar-refractivity contribution in [2.75, 3.05) is 0 Å². The molecule has 0 bridgehead atoms. The van der Waals surface area contributed by atoms with E-state index in [-0.39, 0.29) is 6.10 Å². The molecule has 1 atom stereocenters. The van der Waals surface area contributed by atoms with Crippen molar-refractivity contribution >= 4 is 21.4 Å². The molecule has 102 valence electrons. The van der Waals surface area contributed by atoms with Gasteiger partial charge in [0, 0.05) is 29.2 Å². The molecule has 3 aromatic rings. The van der Waals surface area contributed by atoms with E-state index in [2.05, 4.69) is 46.6 Å². The number of aromatic nitrogens is 1. The Balaban J connectivity index is 1.69. The van der Waals surface area contributed by atoms with E-state index < -0.39 is 0 Å². The number of thiophene rings is 1. The number of hydrogen-bond donors (Lipinski definition) is 1. The zero-order valence-corrected chi connectivity index (χ0v) is 12.1. The highest BCUT2D eigenvalue weighted by molar-refractivity contribution is 7.17. The number of benzene rings is 1. The normalized spacial score (nSPS) is 18.4. The summed E-state index contributed by atoms with van der Waals surface area (Å²) in [5.41, 5.74) is 3.83. The third kappa shape index (κ3) is 1.98. The average Bonchev–Trinajstić information content (AvgIpc) is 3.05. The van der Waals surface area contributed by atoms with Crippen LogP contribution in [0.15, 0.2) is 42.0 Å². The Morgan fingerprint density at radius 2 is 2.15 bits per heavy atom. The Morgan fingerprint density at radius 3 is 3.05 bits per heavy atom. The van der Waals surface area contributed by atoms with Gasteiger partial charge in [0.2, 0.25) is 0 Å². The smallest absolute Gasteiger partial charge is 0.0807 e. The van der Waals surface area contributed by atoms with Gasteiger partial charge in [0.05, 0.1) is 6.10 Å². The molecule has 0 saturated carbocycles. The molecule has 0 radical (unpaired) electrons. The molecule has 2 nitrogen and oxygen atoms in total. The number of aliphatic hydroxyl groups excluding tert-OH is 1. The van der Waals surface area contributed by atoms with Crippen molar-refractivity contribution < 1.29 is 5.11 Å². The molecule has 2 aromatic heterocycles. The van der Waals surface area contributed by atoms with Gasteiger partial charge in [-0.3, -0.25) is 0 Å². The number of aliphatic hydroxyl groups is 1. The van der Waals surface area contributed by atoms with Crippen molar-refractivity contribution in [2.24, 2.45) is 0 Å². The maximum absolute atomic E-state index is 10.1. The summed E-state index contributed by atoms with van der Waals surface area (Å²) in [5, 5.41) is 13.7. The van der Waals surface area contributed by atoms with Crippen LogP contribution in [0.2, 0.25) is 0 Å². The molecule has 0 amide bonds. The van der Waals surface area contributed by atoms with Crippen LogP contribution in [-0.2, 0) is 13.0 Å². The predicted octanol–water partition coefficient (Wildman–Crippen LogP) is 4.12. The van der Waals surface area contributed by atoms with Crippen LogP contribution in [0.5, 0.6) is 0 Å². The van der Waals surface area contributed by atoms with Crippen molar-refractivity contribution in [2.45, 2.75) is 31.9 Å². The van der Waals surface area contributed by atoms with Gasteiger partial charge in [0.1, 0.15) is 0 Å². The van der Waals surface area contributed by atoms with Crippen molar-refractivity contribution in [1.82, 2.24) is 4.57 Å². The van der Waals surface area contributed by atoms with Crippen LogP contribution in [0.25, 0.3) is 10.1 Å². The number of rotatable bonds is 2. The van der Waals surface area contributed by atoms with Crippen molar-refractivity contribution in [1.29, 1.82) is 0 Å². The maximum atomic E-state index is 10.1. The van der Waals surface area contributed by atoms with Gasteiger partial charge in [-0.2, -0.15) is 0 Å². The van der Waals surface area contributed by atoms with E-state index in [1.165, 1.54) is 21.2 Å². The molecule has 4 rings (SSSR count). The van der Waals surface area contributed by atoms with E-state index in [4.69, 9.17) is 0 Å². The van der Waals surface area contributed by atoms with Crippen molar-refractivity contribution in [3.05, 3.63) is 58.7 Å². The lowest BCUT2D eigenvalue weighted by Crippen LogP contribution is -2.05. The van der Waals surface area contributed by atoms with E-state index in [1.54, 1.807) is 11.3 Å². The summed E-state index contributed by atoms with van der Waals surface area (Å²) in [6.45, 7) is 0.893. The van der Waals surface area contributed by atoms with Gasteiger partial charge >= 0.3 is 0 Å². The van der Waals surface area contributed by atoms with Crippen molar-refractivity contribution in [3.63, 3.8) is 0 Å². The first-order valence-electron chi connectivity index (χ1n) is 7.13. The molecule has 1 aliphatic carbocycles. The van der Waals surface area contributed by atoms with Crippen LogP contribution in [-0.4, -0.2) is 9.67 Å². The van der Waals surface area contributed by atoms with Gasteiger partial charge in [0.25, 0.3) is 0 Å². The summed E-state index contributed by atoms with van der Waals surface area (Å²) < 4.78 is 3.58. The van der Waals surface area contributed by atoms with Gasteiger partial charge in [0.15, 0.2) is 0 Å². The number of fused-ring (bicyclic) bond motifs is 2. The topological polar surface area (TPSA) is 25.2 Å². The first-order valence-corrected chi connectivity index (χ1v) is 8.01. The van der Waals surface area contributed by atoms with Crippen LogP contribution in [0.1, 0.15) is 35.6 Å². The highest BCUT2D eigenvalue weighted by atomic mass is 32.1. The zero-order valence-electron chi connectivity index (χ0n) is 11.2. The van der Waals surface area contributed by atoms with Crippen molar-refractivity contribution in [3.8, 4) is 0 Å². The van der Waals surface area contributed by atoms with E-state index in [0.29, 0.717) is 0 Å². The zero-order chi connectivity index (χ0) is 13.5. The SMILES string of the molecule is OC1CCCc2cn(Cc3csc4ccccc34)cc21. The second-order valence-corrected chi connectivity index (χ2v) is 6.49. The van der Waals surface area contributed by atoms with Gasteiger partial charge in [-0.1, -0.05) is 18.2 Å². The van der Waals surface area contributed by atoms with Gasteiger partial charge < -0.3 is 9.67 Å². The molecule has 20 heavy (non-hydrogen) atoms. The number of nitrogens with zero attached hydrogens (tertiary/aromatic N) is 1. The summed E-state index contributed by atoms with van der Waals surface area (Å²) in [5.74, 6) is 0. The Hall–Kier alpha value is -1.58. The van der Waals surface area contributed by atoms with E-state index in [9.17, 15) is 5.11 Å². The second-order valence-electron chi connectivity index (χ2n) is 5.58. The predicted molar refractivity (Wildman–Crippen MR) is 83.3 cm³/mol. The molecule has 1 unspecified atom stereocenters. The minimum absolute atomic E-state index is 0.265. The molecular weight excluding hydrogens is 266 g/mol. The molecule has 0 aliphatic heterocycles. The van der Waals surface area contributed by atoms with Crippen LogP contribution < -0.4 is 0 Å². The van der Waals surface area contributed by atoms with E-state index in [0.717, 1.165) is 31.4 Å². The summed E-state index contributed by atoms with van der Waals surface area (Å²) in [4.78, 5) is 0. The maximum Gasteiger partial charge on any atom is 0.0807 e. The highest BCUT2D eigenvalue weighted by Gasteiger charge is 2.20. The molecule has 1 aliphatic rings. The molecule has 0 saturated heterocycles. The van der Waals surface area contributed by atoms with Gasteiger partial charge in [-0.25, -0.2) is 0 Å². The first kappa shape index (κ1) is 12.2. The van der Waals surface area contributed by atoms with Crippen LogP contribution >= 0.6 is 11.3 Å². The van der Waals surface area contributed by atoms with Crippen LogP contribution in [0.3, 0.4) is 0 Å². The summed E-state index contributed by atoms with van der Waals surface area (Å²) in [7, 11) is 0. The Bertz CT molecular complexity index is 755. The quantitative estimate of drug-likeness (QED) is 0.752. The number of hydrogen-bond acceptors (Lipinski definition) is 2. The van der Waals surface area contributed by atoms with E-state index >= 15 is 0 Å². The summed E-state index contributed by atoms with van der Waals surface area (Å²) in [6.07, 6.45) is 7.18. The van der Waals surface area contributed by atoms with Gasteiger partial charge in [-0.05, 0) is 47.2 Å². The lowest BCUT2D eigenvalue weighted by Gasteiger charge is -2.16. The van der Waals surface area contributed by atoms with Crippen LogP contribution in [0, 0.1) is 0 Å². The monoisotopic (exact) mass is 283 g/mol. The van der Waals surface area contributed by atoms with Crippen LogP contribution in [0.4, 0.5) is 0 Å². The molecule has 0 spiro atoms. The lowest BCUT2D eigenvalue weighted by atomic mass is 9.93. The standard InChI is InChI=1S/C17H17NOS/c19-16-6-3-4-12-8-18(10-15(12)16)9-13-11-20-17-7-2-1-5-14(13)17/h1-2,5,7-8,10-11,16,19H,3-4,6,9H2. The Labute approximate surface area is 122 Å². The lowest BCUT2D eigenvalue weighted by molar-refractivity contribution is 0.157. The Morgan fingerprint density at radius 1 is 1.25 bits per heavy atom. The molecule has 0 fully saturated rings. The fourth-order valence-corrected chi connectivity index (χ4v) is 4.12. The fourth-order valence-electron chi connectivity index (χ4n) is 3.17. The minimum atomic E-state index is -0.265. The highest BCUT2D eigenvalue weighted by Crippen LogP contribution is 2.31.